The molecular formula is C17H18N4O4S. The maximum atomic E-state index is 12.7. The number of rotatable bonds is 5. The summed E-state index contributed by atoms with van der Waals surface area (Å²) in [6.07, 6.45) is -0.0312. The molecule has 3 rings (SSSR count). The van der Waals surface area contributed by atoms with E-state index in [0.29, 0.717) is 10.6 Å². The maximum absolute atomic E-state index is 12.7. The molecule has 2 N–H and O–H groups in total. The third kappa shape index (κ3) is 3.13. The van der Waals surface area contributed by atoms with E-state index in [1.165, 1.54) is 4.57 Å². The Morgan fingerprint density at radius 3 is 2.54 bits per heavy atom. The number of aromatic nitrogens is 1. The fourth-order valence-electron chi connectivity index (χ4n) is 2.78. The summed E-state index contributed by atoms with van der Waals surface area (Å²) >= 11 is 1.06. The Balaban J connectivity index is 1.68. The summed E-state index contributed by atoms with van der Waals surface area (Å²) in [4.78, 5) is 48.5. The van der Waals surface area contributed by atoms with Crippen LogP contribution in [-0.2, 0) is 21.7 Å². The molecule has 1 aliphatic rings. The first kappa shape index (κ1) is 17.9. The number of urea groups is 1. The number of aryl methyl sites for hydroxylation is 1. The lowest BCUT2D eigenvalue weighted by Crippen LogP contribution is -2.48. The minimum atomic E-state index is -1.24. The van der Waals surface area contributed by atoms with Gasteiger partial charge in [0.05, 0.1) is 0 Å². The molecule has 0 bridgehead atoms. The van der Waals surface area contributed by atoms with Gasteiger partial charge in [-0.1, -0.05) is 41.7 Å². The van der Waals surface area contributed by atoms with Gasteiger partial charge in [0.25, 0.3) is 5.91 Å². The van der Waals surface area contributed by atoms with Crippen molar-refractivity contribution in [1.29, 1.82) is 0 Å². The van der Waals surface area contributed by atoms with Crippen LogP contribution in [-0.4, -0.2) is 27.4 Å². The highest BCUT2D eigenvalue weighted by atomic mass is 32.1. The fraction of sp³-hybridized carbons (Fsp3) is 0.294. The van der Waals surface area contributed by atoms with Crippen molar-refractivity contribution >= 4 is 29.2 Å². The van der Waals surface area contributed by atoms with Gasteiger partial charge in [0, 0.05) is 24.0 Å². The van der Waals surface area contributed by atoms with Gasteiger partial charge in [-0.05, 0) is 19.4 Å². The highest BCUT2D eigenvalue weighted by Gasteiger charge is 2.49. The smallest absolute Gasteiger partial charge is 0.318 e. The summed E-state index contributed by atoms with van der Waals surface area (Å²) in [7, 11) is 0. The number of thiazole rings is 1. The Bertz CT molecular complexity index is 920. The molecule has 136 valence electrons. The van der Waals surface area contributed by atoms with Crippen LogP contribution in [0.4, 0.5) is 4.79 Å². The molecular weight excluding hydrogens is 356 g/mol. The summed E-state index contributed by atoms with van der Waals surface area (Å²) in [6.45, 7) is 3.54. The predicted molar refractivity (Wildman–Crippen MR) is 95.2 cm³/mol. The summed E-state index contributed by atoms with van der Waals surface area (Å²) in [5, 5.41) is 5.01. The molecule has 0 spiro atoms. The first-order valence-electron chi connectivity index (χ1n) is 7.99. The molecule has 2 heterocycles. The van der Waals surface area contributed by atoms with Gasteiger partial charge in [0.2, 0.25) is 5.91 Å². The topological polar surface area (TPSA) is 101 Å². The average molecular weight is 374 g/mol. The molecule has 0 unspecified atom stereocenters. The fourth-order valence-corrected chi connectivity index (χ4v) is 3.54. The highest BCUT2D eigenvalue weighted by Crippen LogP contribution is 2.27. The molecule has 0 aliphatic carbocycles. The molecule has 1 fully saturated rings. The number of imide groups is 1. The lowest BCUT2D eigenvalue weighted by atomic mass is 9.92. The molecule has 1 saturated heterocycles. The van der Waals surface area contributed by atoms with E-state index in [1.807, 2.05) is 6.07 Å². The highest BCUT2D eigenvalue weighted by molar-refractivity contribution is 7.07. The Morgan fingerprint density at radius 1 is 1.23 bits per heavy atom. The number of benzene rings is 1. The first-order chi connectivity index (χ1) is 12.3. The Labute approximate surface area is 153 Å². The van der Waals surface area contributed by atoms with Crippen LogP contribution in [0, 0.1) is 6.92 Å². The van der Waals surface area contributed by atoms with E-state index >= 15 is 0 Å². The van der Waals surface area contributed by atoms with Gasteiger partial charge in [-0.3, -0.25) is 19.8 Å². The number of nitrogens with one attached hydrogen (secondary N) is 2. The van der Waals surface area contributed by atoms with Crippen molar-refractivity contribution in [2.45, 2.75) is 32.4 Å². The number of carbonyl (C=O) groups is 3. The van der Waals surface area contributed by atoms with Crippen LogP contribution in [0.3, 0.4) is 0 Å². The number of hydrogen-bond acceptors (Lipinski definition) is 5. The molecule has 1 aliphatic heterocycles. The normalized spacial score (nSPS) is 19.5. The number of nitrogens with zero attached hydrogens (tertiary/aromatic N) is 2. The maximum Gasteiger partial charge on any atom is 0.344 e. The average Bonchev–Trinajstić information content (AvgIpc) is 3.05. The second kappa shape index (κ2) is 6.75. The van der Waals surface area contributed by atoms with Crippen molar-refractivity contribution in [1.82, 2.24) is 20.3 Å². The summed E-state index contributed by atoms with van der Waals surface area (Å²) in [6, 6.07) is 8.11. The zero-order valence-electron chi connectivity index (χ0n) is 14.3. The van der Waals surface area contributed by atoms with E-state index < -0.39 is 23.4 Å². The van der Waals surface area contributed by atoms with Crippen molar-refractivity contribution in [3.8, 4) is 0 Å². The molecule has 2 aromatic rings. The molecule has 0 radical (unpaired) electrons. The zero-order valence-corrected chi connectivity index (χ0v) is 15.1. The van der Waals surface area contributed by atoms with E-state index in [9.17, 15) is 19.2 Å². The molecule has 26 heavy (non-hydrogen) atoms. The second-order valence-corrected chi connectivity index (χ2v) is 6.96. The third-order valence-electron chi connectivity index (χ3n) is 4.32. The zero-order chi connectivity index (χ0) is 18.9. The minimum absolute atomic E-state index is 0.0312. The van der Waals surface area contributed by atoms with Crippen LogP contribution in [0.15, 0.2) is 40.5 Å². The number of amides is 4. The number of carbonyl (C=O) groups excluding carboxylic acids is 3. The van der Waals surface area contributed by atoms with Crippen LogP contribution < -0.4 is 15.6 Å². The van der Waals surface area contributed by atoms with Crippen molar-refractivity contribution in [2.24, 2.45) is 0 Å². The van der Waals surface area contributed by atoms with Gasteiger partial charge in [-0.25, -0.2) is 4.79 Å². The number of hydrazine groups is 1. The Kier molecular flexibility index (Phi) is 4.64. The van der Waals surface area contributed by atoms with Crippen LogP contribution in [0.2, 0.25) is 0 Å². The predicted octanol–water partition coefficient (Wildman–Crippen LogP) is 1.11. The Hall–Kier alpha value is -2.94. The van der Waals surface area contributed by atoms with E-state index in [4.69, 9.17) is 0 Å². The van der Waals surface area contributed by atoms with Crippen LogP contribution in [0.1, 0.15) is 24.6 Å². The molecule has 9 heteroatoms. The standard InChI is InChI=1S/C17H18N4O4S/c1-11-10-26-16(25)20(11)9-8-13(22)19-21-14(23)17(2,18-15(21)24)12-6-4-3-5-7-12/h3-7,10H,8-9H2,1-2H3,(H,18,24)(H,19,22)/t17-/m0/s1. The van der Waals surface area contributed by atoms with Crippen LogP contribution >= 0.6 is 11.3 Å². The minimum Gasteiger partial charge on any atom is -0.318 e. The van der Waals surface area contributed by atoms with Crippen molar-refractivity contribution < 1.29 is 14.4 Å². The van der Waals surface area contributed by atoms with Gasteiger partial charge in [0.1, 0.15) is 5.54 Å². The monoisotopic (exact) mass is 374 g/mol. The van der Waals surface area contributed by atoms with Gasteiger partial charge < -0.3 is 9.88 Å². The lowest BCUT2D eigenvalue weighted by molar-refractivity contribution is -0.139. The molecule has 0 saturated carbocycles. The van der Waals surface area contributed by atoms with Gasteiger partial charge >= 0.3 is 10.9 Å². The van der Waals surface area contributed by atoms with E-state index in [-0.39, 0.29) is 17.8 Å². The second-order valence-electron chi connectivity index (χ2n) is 6.14. The summed E-state index contributed by atoms with van der Waals surface area (Å²) in [5.41, 5.74) is 2.47. The third-order valence-corrected chi connectivity index (χ3v) is 5.20. The van der Waals surface area contributed by atoms with Gasteiger partial charge in [-0.2, -0.15) is 5.01 Å². The molecule has 8 nitrogen and oxygen atoms in total. The van der Waals surface area contributed by atoms with Crippen molar-refractivity contribution in [2.75, 3.05) is 0 Å². The quantitative estimate of drug-likeness (QED) is 0.766. The van der Waals surface area contributed by atoms with Gasteiger partial charge in [0.15, 0.2) is 0 Å². The van der Waals surface area contributed by atoms with E-state index in [1.54, 1.807) is 43.5 Å². The van der Waals surface area contributed by atoms with Crippen molar-refractivity contribution in [3.05, 3.63) is 56.6 Å². The first-order valence-corrected chi connectivity index (χ1v) is 8.87. The lowest BCUT2D eigenvalue weighted by Gasteiger charge is -2.22. The van der Waals surface area contributed by atoms with Crippen molar-refractivity contribution in [3.63, 3.8) is 0 Å². The van der Waals surface area contributed by atoms with E-state index in [2.05, 4.69) is 10.7 Å². The Morgan fingerprint density at radius 2 is 1.92 bits per heavy atom. The SMILES string of the molecule is Cc1csc(=O)n1CCC(=O)NN1C(=O)N[C@@](C)(c2ccccc2)C1=O. The summed E-state index contributed by atoms with van der Waals surface area (Å²) < 4.78 is 1.48. The van der Waals surface area contributed by atoms with Crippen LogP contribution in [0.5, 0.6) is 0 Å². The molecule has 1 atom stereocenters. The summed E-state index contributed by atoms with van der Waals surface area (Å²) in [5.74, 6) is -1.09. The molecule has 1 aromatic heterocycles. The van der Waals surface area contributed by atoms with Crippen LogP contribution in [0.25, 0.3) is 0 Å². The van der Waals surface area contributed by atoms with Gasteiger partial charge in [-0.15, -0.1) is 0 Å². The number of hydrogen-bond donors (Lipinski definition) is 2. The molecule has 4 amide bonds. The largest absolute Gasteiger partial charge is 0.344 e. The molecule has 1 aromatic carbocycles. The van der Waals surface area contributed by atoms with E-state index in [0.717, 1.165) is 17.0 Å².